The maximum atomic E-state index is 12.8. The molecule has 4 heteroatoms. The third-order valence-electron chi connectivity index (χ3n) is 4.19. The Morgan fingerprint density at radius 1 is 1.38 bits per heavy atom. The SMILES string of the molecule is CCC1c2ccsc2CCN1C(=O)[C@H](N)c1ccccc1. The average molecular weight is 300 g/mol. The van der Waals surface area contributed by atoms with E-state index in [9.17, 15) is 4.79 Å². The van der Waals surface area contributed by atoms with Crippen LogP contribution < -0.4 is 5.73 Å². The third-order valence-corrected chi connectivity index (χ3v) is 5.19. The molecule has 0 spiro atoms. The van der Waals surface area contributed by atoms with E-state index in [1.54, 1.807) is 11.3 Å². The van der Waals surface area contributed by atoms with Gasteiger partial charge in [0.1, 0.15) is 6.04 Å². The molecule has 2 atom stereocenters. The molecule has 1 aromatic heterocycles. The minimum atomic E-state index is -0.569. The number of benzene rings is 1. The van der Waals surface area contributed by atoms with Crippen LogP contribution in [-0.2, 0) is 11.2 Å². The number of hydrogen-bond acceptors (Lipinski definition) is 3. The van der Waals surface area contributed by atoms with Crippen LogP contribution in [0.3, 0.4) is 0 Å². The number of fused-ring (bicyclic) bond motifs is 1. The number of nitrogens with two attached hydrogens (primary N) is 1. The standard InChI is InChI=1S/C17H20N2OS/c1-2-14-13-9-11-21-15(13)8-10-19(14)17(20)16(18)12-6-4-3-5-7-12/h3-7,9,11,14,16H,2,8,10,18H2,1H3/t14?,16-/m1/s1. The third kappa shape index (κ3) is 2.61. The highest BCUT2D eigenvalue weighted by Crippen LogP contribution is 2.36. The molecule has 3 rings (SSSR count). The zero-order valence-corrected chi connectivity index (χ0v) is 13.0. The van der Waals surface area contributed by atoms with Crippen LogP contribution in [0, 0.1) is 0 Å². The van der Waals surface area contributed by atoms with Crippen molar-refractivity contribution in [3.63, 3.8) is 0 Å². The zero-order chi connectivity index (χ0) is 14.8. The minimum absolute atomic E-state index is 0.0323. The average Bonchev–Trinajstić information content (AvgIpc) is 3.02. The number of amides is 1. The van der Waals surface area contributed by atoms with Crippen LogP contribution >= 0.6 is 11.3 Å². The van der Waals surface area contributed by atoms with Crippen molar-refractivity contribution in [3.8, 4) is 0 Å². The lowest BCUT2D eigenvalue weighted by atomic mass is 9.96. The van der Waals surface area contributed by atoms with Crippen LogP contribution in [0.25, 0.3) is 0 Å². The molecule has 21 heavy (non-hydrogen) atoms. The molecule has 1 unspecified atom stereocenters. The van der Waals surface area contributed by atoms with Gasteiger partial charge in [0.05, 0.1) is 6.04 Å². The second-order valence-electron chi connectivity index (χ2n) is 5.39. The van der Waals surface area contributed by atoms with Crippen molar-refractivity contribution in [3.05, 3.63) is 57.8 Å². The second-order valence-corrected chi connectivity index (χ2v) is 6.39. The van der Waals surface area contributed by atoms with Gasteiger partial charge in [0.2, 0.25) is 5.91 Å². The molecule has 1 aliphatic heterocycles. The first kappa shape index (κ1) is 14.3. The van der Waals surface area contributed by atoms with Gasteiger partial charge in [0.25, 0.3) is 0 Å². The van der Waals surface area contributed by atoms with Gasteiger partial charge in [-0.25, -0.2) is 0 Å². The second kappa shape index (κ2) is 6.00. The van der Waals surface area contributed by atoms with Gasteiger partial charge in [-0.2, -0.15) is 0 Å². The summed E-state index contributed by atoms with van der Waals surface area (Å²) in [5, 5.41) is 2.12. The first-order chi connectivity index (χ1) is 10.2. The maximum absolute atomic E-state index is 12.8. The Morgan fingerprint density at radius 2 is 2.14 bits per heavy atom. The van der Waals surface area contributed by atoms with Crippen molar-refractivity contribution in [1.29, 1.82) is 0 Å². The highest BCUT2D eigenvalue weighted by atomic mass is 32.1. The van der Waals surface area contributed by atoms with Gasteiger partial charge in [-0.3, -0.25) is 4.79 Å². The molecule has 0 bridgehead atoms. The van der Waals surface area contributed by atoms with Gasteiger partial charge in [-0.15, -0.1) is 11.3 Å². The molecule has 2 heterocycles. The Kier molecular flexibility index (Phi) is 4.08. The fourth-order valence-corrected chi connectivity index (χ4v) is 4.01. The number of rotatable bonds is 3. The van der Waals surface area contributed by atoms with E-state index in [0.717, 1.165) is 24.9 Å². The van der Waals surface area contributed by atoms with Crippen LogP contribution in [0.5, 0.6) is 0 Å². The summed E-state index contributed by atoms with van der Waals surface area (Å²) in [7, 11) is 0. The van der Waals surface area contributed by atoms with Crippen molar-refractivity contribution < 1.29 is 4.79 Å². The molecule has 1 amide bonds. The summed E-state index contributed by atoms with van der Waals surface area (Å²) in [5.41, 5.74) is 8.38. The number of nitrogens with zero attached hydrogens (tertiary/aromatic N) is 1. The Hall–Kier alpha value is -1.65. The molecule has 0 fully saturated rings. The molecule has 1 aromatic carbocycles. The normalized spacial score (nSPS) is 19.1. The lowest BCUT2D eigenvalue weighted by molar-refractivity contribution is -0.135. The molecule has 0 saturated heterocycles. The predicted molar refractivity (Wildman–Crippen MR) is 86.1 cm³/mol. The molecular weight excluding hydrogens is 280 g/mol. The van der Waals surface area contributed by atoms with E-state index in [4.69, 9.17) is 5.73 Å². The zero-order valence-electron chi connectivity index (χ0n) is 12.2. The Labute approximate surface area is 129 Å². The van der Waals surface area contributed by atoms with Gasteiger partial charge in [0.15, 0.2) is 0 Å². The summed E-state index contributed by atoms with van der Waals surface area (Å²) < 4.78 is 0. The maximum Gasteiger partial charge on any atom is 0.244 e. The van der Waals surface area contributed by atoms with Crippen molar-refractivity contribution in [2.45, 2.75) is 31.8 Å². The van der Waals surface area contributed by atoms with E-state index in [2.05, 4.69) is 18.4 Å². The topological polar surface area (TPSA) is 46.3 Å². The summed E-state index contributed by atoms with van der Waals surface area (Å²) in [6.07, 6.45) is 1.87. The molecular formula is C17H20N2OS. The van der Waals surface area contributed by atoms with Crippen LogP contribution in [0.2, 0.25) is 0 Å². The van der Waals surface area contributed by atoms with Gasteiger partial charge >= 0.3 is 0 Å². The molecule has 1 aliphatic rings. The summed E-state index contributed by atoms with van der Waals surface area (Å²) in [6.45, 7) is 2.90. The van der Waals surface area contributed by atoms with Crippen LogP contribution in [0.4, 0.5) is 0 Å². The van der Waals surface area contributed by atoms with Gasteiger partial charge in [-0.05, 0) is 35.4 Å². The molecule has 0 radical (unpaired) electrons. The van der Waals surface area contributed by atoms with Gasteiger partial charge < -0.3 is 10.6 Å². The largest absolute Gasteiger partial charge is 0.334 e. The molecule has 3 nitrogen and oxygen atoms in total. The van der Waals surface area contributed by atoms with E-state index in [-0.39, 0.29) is 11.9 Å². The summed E-state index contributed by atoms with van der Waals surface area (Å²) in [6, 6.07) is 11.4. The Balaban J connectivity index is 1.85. The van der Waals surface area contributed by atoms with Gasteiger partial charge in [-0.1, -0.05) is 37.3 Å². The summed E-state index contributed by atoms with van der Waals surface area (Å²) in [5.74, 6) is 0.0323. The van der Waals surface area contributed by atoms with Gasteiger partial charge in [0, 0.05) is 11.4 Å². The van der Waals surface area contributed by atoms with Crippen LogP contribution in [0.1, 0.15) is 41.4 Å². The number of carbonyl (C=O) groups is 1. The van der Waals surface area contributed by atoms with Crippen LogP contribution in [-0.4, -0.2) is 17.4 Å². The fourth-order valence-electron chi connectivity index (χ4n) is 3.08. The highest BCUT2D eigenvalue weighted by Gasteiger charge is 2.33. The number of hydrogen-bond donors (Lipinski definition) is 1. The Bertz CT molecular complexity index is 623. The quantitative estimate of drug-likeness (QED) is 0.945. The predicted octanol–water partition coefficient (Wildman–Crippen LogP) is 3.28. The van der Waals surface area contributed by atoms with Crippen molar-refractivity contribution in [2.75, 3.05) is 6.54 Å². The molecule has 2 N–H and O–H groups in total. The minimum Gasteiger partial charge on any atom is -0.334 e. The molecule has 110 valence electrons. The fraction of sp³-hybridized carbons (Fsp3) is 0.353. The first-order valence-electron chi connectivity index (χ1n) is 7.39. The van der Waals surface area contributed by atoms with E-state index in [1.165, 1.54) is 10.4 Å². The number of carbonyl (C=O) groups excluding carboxylic acids is 1. The highest BCUT2D eigenvalue weighted by molar-refractivity contribution is 7.10. The van der Waals surface area contributed by atoms with Crippen LogP contribution in [0.15, 0.2) is 41.8 Å². The summed E-state index contributed by atoms with van der Waals surface area (Å²) in [4.78, 5) is 16.2. The lowest BCUT2D eigenvalue weighted by Crippen LogP contribution is -2.44. The Morgan fingerprint density at radius 3 is 2.86 bits per heavy atom. The monoisotopic (exact) mass is 300 g/mol. The molecule has 0 aliphatic carbocycles. The van der Waals surface area contributed by atoms with E-state index < -0.39 is 6.04 Å². The molecule has 2 aromatic rings. The van der Waals surface area contributed by atoms with Crippen molar-refractivity contribution in [1.82, 2.24) is 4.90 Å². The molecule has 0 saturated carbocycles. The van der Waals surface area contributed by atoms with E-state index in [1.807, 2.05) is 35.2 Å². The lowest BCUT2D eigenvalue weighted by Gasteiger charge is -2.37. The summed E-state index contributed by atoms with van der Waals surface area (Å²) >= 11 is 1.79. The smallest absolute Gasteiger partial charge is 0.244 e. The first-order valence-corrected chi connectivity index (χ1v) is 8.27. The van der Waals surface area contributed by atoms with Crippen molar-refractivity contribution in [2.24, 2.45) is 5.73 Å². The van der Waals surface area contributed by atoms with E-state index in [0.29, 0.717) is 0 Å². The van der Waals surface area contributed by atoms with Crippen molar-refractivity contribution >= 4 is 17.2 Å². The number of thiophene rings is 1. The van der Waals surface area contributed by atoms with E-state index >= 15 is 0 Å².